The van der Waals surface area contributed by atoms with E-state index in [4.69, 9.17) is 39.5 Å². The summed E-state index contributed by atoms with van der Waals surface area (Å²) in [5.74, 6) is 0.857. The molecule has 1 aromatic carbocycles. The number of halogens is 3. The van der Waals surface area contributed by atoms with Crippen LogP contribution in [0, 0.1) is 0 Å². The molecule has 0 heterocycles. The second-order valence-electron chi connectivity index (χ2n) is 4.19. The number of hydrogen-bond acceptors (Lipinski definition) is 2. The van der Waals surface area contributed by atoms with Gasteiger partial charge in [0.1, 0.15) is 5.75 Å². The van der Waals surface area contributed by atoms with E-state index >= 15 is 0 Å². The summed E-state index contributed by atoms with van der Waals surface area (Å²) >= 11 is 17.5. The first-order chi connectivity index (χ1) is 9.05. The zero-order chi connectivity index (χ0) is 14.3. The van der Waals surface area contributed by atoms with Gasteiger partial charge in [-0.15, -0.1) is 23.2 Å². The Bertz CT molecular complexity index is 397. The van der Waals surface area contributed by atoms with E-state index in [1.165, 1.54) is 0 Å². The number of carbonyl (C=O) groups excluding carboxylic acids is 1. The predicted octanol–water partition coefficient (Wildman–Crippen LogP) is 3.46. The van der Waals surface area contributed by atoms with Crippen LogP contribution < -0.4 is 10.1 Å². The SMILES string of the molecule is CCC(CCl)(CCl)NC(=O)COc1ccc(Cl)cc1. The molecule has 0 aliphatic carbocycles. The van der Waals surface area contributed by atoms with Crippen LogP contribution in [0.4, 0.5) is 0 Å². The van der Waals surface area contributed by atoms with Crippen molar-refractivity contribution in [3.8, 4) is 5.75 Å². The average Bonchev–Trinajstić information content (AvgIpc) is 2.44. The Morgan fingerprint density at radius 2 is 1.84 bits per heavy atom. The molecule has 0 bridgehead atoms. The first kappa shape index (κ1) is 16.4. The molecule has 1 aromatic rings. The fourth-order valence-corrected chi connectivity index (χ4v) is 2.31. The molecule has 0 unspecified atom stereocenters. The van der Waals surface area contributed by atoms with Crippen LogP contribution >= 0.6 is 34.8 Å². The molecule has 0 aromatic heterocycles. The van der Waals surface area contributed by atoms with Gasteiger partial charge in [-0.3, -0.25) is 4.79 Å². The molecule has 0 saturated heterocycles. The van der Waals surface area contributed by atoms with Gasteiger partial charge in [-0.25, -0.2) is 0 Å². The molecule has 0 fully saturated rings. The number of alkyl halides is 2. The molecule has 0 radical (unpaired) electrons. The van der Waals surface area contributed by atoms with Crippen molar-refractivity contribution in [2.45, 2.75) is 18.9 Å². The van der Waals surface area contributed by atoms with Crippen molar-refractivity contribution < 1.29 is 9.53 Å². The molecule has 3 nitrogen and oxygen atoms in total. The van der Waals surface area contributed by atoms with Crippen molar-refractivity contribution in [3.05, 3.63) is 29.3 Å². The van der Waals surface area contributed by atoms with Gasteiger partial charge in [-0.2, -0.15) is 0 Å². The summed E-state index contributed by atoms with van der Waals surface area (Å²) in [5.41, 5.74) is -0.580. The Morgan fingerprint density at radius 1 is 1.26 bits per heavy atom. The topological polar surface area (TPSA) is 38.3 Å². The zero-order valence-corrected chi connectivity index (χ0v) is 12.9. The molecule has 0 aliphatic rings. The van der Waals surface area contributed by atoms with E-state index in [1.807, 2.05) is 6.92 Å². The maximum absolute atomic E-state index is 11.8. The minimum Gasteiger partial charge on any atom is -0.484 e. The average molecular weight is 325 g/mol. The molecule has 1 rings (SSSR count). The van der Waals surface area contributed by atoms with Gasteiger partial charge in [-0.1, -0.05) is 18.5 Å². The van der Waals surface area contributed by atoms with E-state index in [1.54, 1.807) is 24.3 Å². The number of amides is 1. The van der Waals surface area contributed by atoms with Gasteiger partial charge in [-0.05, 0) is 30.7 Å². The standard InChI is InChI=1S/C13H16Cl3NO2/c1-2-13(8-14,9-15)17-12(18)7-19-11-5-3-10(16)4-6-11/h3-6H,2,7-9H2,1H3,(H,17,18). The van der Waals surface area contributed by atoms with Gasteiger partial charge in [0.25, 0.3) is 5.91 Å². The molecule has 0 aliphatic heterocycles. The number of carbonyl (C=O) groups is 1. The van der Waals surface area contributed by atoms with Crippen LogP contribution in [0.2, 0.25) is 5.02 Å². The van der Waals surface area contributed by atoms with E-state index in [-0.39, 0.29) is 24.3 Å². The van der Waals surface area contributed by atoms with Gasteiger partial charge in [0.15, 0.2) is 6.61 Å². The Balaban J connectivity index is 2.49. The summed E-state index contributed by atoms with van der Waals surface area (Å²) in [6.45, 7) is 1.84. The van der Waals surface area contributed by atoms with Crippen LogP contribution in [0.1, 0.15) is 13.3 Å². The molecular formula is C13H16Cl3NO2. The highest BCUT2D eigenvalue weighted by molar-refractivity contribution is 6.30. The lowest BCUT2D eigenvalue weighted by Crippen LogP contribution is -2.52. The van der Waals surface area contributed by atoms with Crippen molar-refractivity contribution in [2.24, 2.45) is 0 Å². The molecule has 0 saturated carbocycles. The van der Waals surface area contributed by atoms with Crippen LogP contribution in [-0.4, -0.2) is 29.8 Å². The summed E-state index contributed by atoms with van der Waals surface area (Å²) in [4.78, 5) is 11.8. The van der Waals surface area contributed by atoms with Crippen molar-refractivity contribution in [1.82, 2.24) is 5.32 Å². The lowest BCUT2D eigenvalue weighted by atomic mass is 10.0. The molecule has 1 amide bonds. The second kappa shape index (κ2) is 7.83. The third kappa shape index (κ3) is 5.09. The van der Waals surface area contributed by atoms with Crippen molar-refractivity contribution in [1.29, 1.82) is 0 Å². The van der Waals surface area contributed by atoms with Gasteiger partial charge < -0.3 is 10.1 Å². The molecule has 1 N–H and O–H groups in total. The largest absolute Gasteiger partial charge is 0.484 e. The lowest BCUT2D eigenvalue weighted by Gasteiger charge is -2.29. The van der Waals surface area contributed by atoms with Crippen LogP contribution in [0.15, 0.2) is 24.3 Å². The lowest BCUT2D eigenvalue weighted by molar-refractivity contribution is -0.124. The first-order valence-corrected chi connectivity index (χ1v) is 7.31. The first-order valence-electron chi connectivity index (χ1n) is 5.86. The summed E-state index contributed by atoms with van der Waals surface area (Å²) in [6.07, 6.45) is 0.659. The van der Waals surface area contributed by atoms with Crippen LogP contribution in [0.3, 0.4) is 0 Å². The quantitative estimate of drug-likeness (QED) is 0.780. The molecular weight excluding hydrogens is 309 g/mol. The van der Waals surface area contributed by atoms with Crippen LogP contribution in [0.25, 0.3) is 0 Å². The van der Waals surface area contributed by atoms with Crippen LogP contribution in [0.5, 0.6) is 5.75 Å². The monoisotopic (exact) mass is 323 g/mol. The summed E-state index contributed by atoms with van der Waals surface area (Å²) in [7, 11) is 0. The fraction of sp³-hybridized carbons (Fsp3) is 0.462. The second-order valence-corrected chi connectivity index (χ2v) is 5.16. The minimum absolute atomic E-state index is 0.0862. The van der Waals surface area contributed by atoms with Crippen molar-refractivity contribution >= 4 is 40.7 Å². The Labute approximate surface area is 128 Å². The molecule has 0 spiro atoms. The van der Waals surface area contributed by atoms with E-state index in [2.05, 4.69) is 5.32 Å². The van der Waals surface area contributed by atoms with E-state index < -0.39 is 5.54 Å². The third-order valence-corrected chi connectivity index (χ3v) is 4.05. The maximum Gasteiger partial charge on any atom is 0.258 e. The number of ether oxygens (including phenoxy) is 1. The fourth-order valence-electron chi connectivity index (χ4n) is 1.39. The minimum atomic E-state index is -0.580. The van der Waals surface area contributed by atoms with Crippen molar-refractivity contribution in [3.63, 3.8) is 0 Å². The molecule has 0 atom stereocenters. The number of nitrogens with one attached hydrogen (secondary N) is 1. The van der Waals surface area contributed by atoms with Crippen LogP contribution in [-0.2, 0) is 4.79 Å². The highest BCUT2D eigenvalue weighted by Crippen LogP contribution is 2.16. The smallest absolute Gasteiger partial charge is 0.258 e. The Morgan fingerprint density at radius 3 is 2.32 bits per heavy atom. The zero-order valence-electron chi connectivity index (χ0n) is 10.6. The Hall–Kier alpha value is -0.640. The number of rotatable bonds is 7. The van der Waals surface area contributed by atoms with E-state index in [0.717, 1.165) is 0 Å². The van der Waals surface area contributed by atoms with Gasteiger partial charge in [0.2, 0.25) is 0 Å². The maximum atomic E-state index is 11.8. The summed E-state index contributed by atoms with van der Waals surface area (Å²) in [6, 6.07) is 6.79. The third-order valence-electron chi connectivity index (χ3n) is 2.78. The number of benzene rings is 1. The van der Waals surface area contributed by atoms with Gasteiger partial charge in [0, 0.05) is 16.8 Å². The van der Waals surface area contributed by atoms with Gasteiger partial charge in [0.05, 0.1) is 5.54 Å². The van der Waals surface area contributed by atoms with E-state index in [0.29, 0.717) is 17.2 Å². The molecule has 19 heavy (non-hydrogen) atoms. The summed E-state index contributed by atoms with van der Waals surface area (Å²) < 4.78 is 5.35. The summed E-state index contributed by atoms with van der Waals surface area (Å²) in [5, 5.41) is 3.42. The van der Waals surface area contributed by atoms with Crippen molar-refractivity contribution in [2.75, 3.05) is 18.4 Å². The Kier molecular flexibility index (Phi) is 6.76. The molecule has 6 heteroatoms. The number of hydrogen-bond donors (Lipinski definition) is 1. The highest BCUT2D eigenvalue weighted by Gasteiger charge is 2.28. The normalized spacial score (nSPS) is 11.2. The highest BCUT2D eigenvalue weighted by atomic mass is 35.5. The van der Waals surface area contributed by atoms with E-state index in [9.17, 15) is 4.79 Å². The predicted molar refractivity (Wildman–Crippen MR) is 79.6 cm³/mol. The molecule has 106 valence electrons. The van der Waals surface area contributed by atoms with Gasteiger partial charge >= 0.3 is 0 Å².